The van der Waals surface area contributed by atoms with Crippen LogP contribution in [0.15, 0.2) is 0 Å². The summed E-state index contributed by atoms with van der Waals surface area (Å²) in [6, 6.07) is 0. The molecule has 0 amide bonds. The van der Waals surface area contributed by atoms with Crippen molar-refractivity contribution in [2.75, 3.05) is 6.26 Å². The van der Waals surface area contributed by atoms with E-state index in [4.69, 9.17) is 0 Å². The number of aliphatic hydroxyl groups excluding tert-OH is 1. The van der Waals surface area contributed by atoms with Gasteiger partial charge in [-0.2, -0.15) is 0 Å². The van der Waals surface area contributed by atoms with Crippen LogP contribution in [0, 0.1) is 5.92 Å². The van der Waals surface area contributed by atoms with Crippen LogP contribution in [-0.4, -0.2) is 29.5 Å². The Hall–Kier alpha value is 0.390. The van der Waals surface area contributed by atoms with Gasteiger partial charge in [-0.1, -0.05) is 22.9 Å². The van der Waals surface area contributed by atoms with Gasteiger partial charge in [-0.3, -0.25) is 0 Å². The average Bonchev–Trinajstić information content (AvgIpc) is 2.81. The summed E-state index contributed by atoms with van der Waals surface area (Å²) >= 11 is 3.17. The van der Waals surface area contributed by atoms with Gasteiger partial charge in [0, 0.05) is 6.26 Å². The highest BCUT2D eigenvalue weighted by atomic mass is 79.9. The zero-order chi connectivity index (χ0) is 10.3. The minimum Gasteiger partial charge on any atom is -0.390 e. The molecule has 5 heteroatoms. The van der Waals surface area contributed by atoms with Crippen LogP contribution < -0.4 is 0 Å². The van der Waals surface area contributed by atoms with Gasteiger partial charge in [0.1, 0.15) is 0 Å². The molecule has 0 aliphatic heterocycles. The van der Waals surface area contributed by atoms with Crippen LogP contribution in [0.1, 0.15) is 26.2 Å². The molecule has 1 saturated carbocycles. The van der Waals surface area contributed by atoms with Crippen molar-refractivity contribution in [1.82, 2.24) is 0 Å². The second-order valence-corrected chi connectivity index (χ2v) is 7.91. The fourth-order valence-electron chi connectivity index (χ4n) is 1.45. The molecule has 1 fully saturated rings. The standard InChI is InChI=1S/C8H15BrO3S/c1-3-8(9,13(2,11)12)7(10)6-4-5-6/h6-7,10H,3-5H2,1-2H3/t7-,8-/m1/s1. The Morgan fingerprint density at radius 3 is 2.31 bits per heavy atom. The minimum atomic E-state index is -3.25. The van der Waals surface area contributed by atoms with E-state index in [1.54, 1.807) is 6.92 Å². The Bertz CT molecular complexity index is 284. The maximum absolute atomic E-state index is 11.5. The molecule has 0 bridgehead atoms. The smallest absolute Gasteiger partial charge is 0.165 e. The second-order valence-electron chi connectivity index (χ2n) is 3.69. The number of sulfone groups is 1. The highest BCUT2D eigenvalue weighted by Crippen LogP contribution is 2.44. The molecule has 0 aromatic heterocycles. The fourth-order valence-corrected chi connectivity index (χ4v) is 2.98. The summed E-state index contributed by atoms with van der Waals surface area (Å²) in [7, 11) is -3.25. The van der Waals surface area contributed by atoms with E-state index < -0.39 is 19.6 Å². The molecule has 0 saturated heterocycles. The Morgan fingerprint density at radius 2 is 2.08 bits per heavy atom. The third kappa shape index (κ3) is 2.07. The quantitative estimate of drug-likeness (QED) is 0.784. The molecule has 1 aliphatic rings. The molecule has 2 atom stereocenters. The van der Waals surface area contributed by atoms with Gasteiger partial charge >= 0.3 is 0 Å². The van der Waals surface area contributed by atoms with Gasteiger partial charge in [0.15, 0.2) is 13.5 Å². The fraction of sp³-hybridized carbons (Fsp3) is 1.00. The van der Waals surface area contributed by atoms with E-state index in [-0.39, 0.29) is 5.92 Å². The predicted octanol–water partition coefficient (Wildman–Crippen LogP) is 1.30. The third-order valence-electron chi connectivity index (χ3n) is 2.61. The van der Waals surface area contributed by atoms with Crippen molar-refractivity contribution in [2.45, 2.75) is 35.9 Å². The van der Waals surface area contributed by atoms with E-state index in [9.17, 15) is 13.5 Å². The molecule has 0 aromatic rings. The van der Waals surface area contributed by atoms with Crippen LogP contribution in [0.25, 0.3) is 0 Å². The van der Waals surface area contributed by atoms with E-state index >= 15 is 0 Å². The van der Waals surface area contributed by atoms with Crippen molar-refractivity contribution in [3.8, 4) is 0 Å². The molecule has 78 valence electrons. The highest BCUT2D eigenvalue weighted by molar-refractivity contribution is 9.11. The van der Waals surface area contributed by atoms with E-state index in [0.717, 1.165) is 19.1 Å². The van der Waals surface area contributed by atoms with Gasteiger partial charge < -0.3 is 5.11 Å². The number of hydrogen-bond donors (Lipinski definition) is 1. The van der Waals surface area contributed by atoms with E-state index in [2.05, 4.69) is 15.9 Å². The lowest BCUT2D eigenvalue weighted by molar-refractivity contribution is 0.135. The molecule has 0 aromatic carbocycles. The maximum atomic E-state index is 11.5. The largest absolute Gasteiger partial charge is 0.390 e. The van der Waals surface area contributed by atoms with Gasteiger partial charge in [0.05, 0.1) is 6.10 Å². The third-order valence-corrected chi connectivity index (χ3v) is 7.17. The lowest BCUT2D eigenvalue weighted by atomic mass is 10.1. The lowest BCUT2D eigenvalue weighted by Crippen LogP contribution is -2.44. The number of aliphatic hydroxyl groups is 1. The first-order chi connectivity index (χ1) is 5.83. The first kappa shape index (κ1) is 11.5. The maximum Gasteiger partial charge on any atom is 0.165 e. The highest BCUT2D eigenvalue weighted by Gasteiger charge is 2.49. The summed E-state index contributed by atoms with van der Waals surface area (Å²) in [4.78, 5) is 0. The molecule has 1 rings (SSSR count). The Kier molecular flexibility index (Phi) is 3.10. The van der Waals surface area contributed by atoms with Crippen LogP contribution in [0.4, 0.5) is 0 Å². The summed E-state index contributed by atoms with van der Waals surface area (Å²) in [5, 5.41) is 9.82. The molecule has 0 spiro atoms. The summed E-state index contributed by atoms with van der Waals surface area (Å²) in [5.41, 5.74) is 0. The van der Waals surface area contributed by atoms with Crippen LogP contribution in [-0.2, 0) is 9.84 Å². The average molecular weight is 271 g/mol. The Balaban J connectivity index is 2.91. The zero-order valence-corrected chi connectivity index (χ0v) is 10.2. The van der Waals surface area contributed by atoms with Gasteiger partial charge in [0.2, 0.25) is 0 Å². The summed E-state index contributed by atoms with van der Waals surface area (Å²) < 4.78 is 21.8. The lowest BCUT2D eigenvalue weighted by Gasteiger charge is -2.29. The molecule has 13 heavy (non-hydrogen) atoms. The first-order valence-electron chi connectivity index (χ1n) is 4.39. The number of halogens is 1. The van der Waals surface area contributed by atoms with Gasteiger partial charge in [0.25, 0.3) is 0 Å². The molecule has 1 N–H and O–H groups in total. The normalized spacial score (nSPS) is 25.2. The predicted molar refractivity (Wildman–Crippen MR) is 55.5 cm³/mol. The van der Waals surface area contributed by atoms with Gasteiger partial charge in [-0.15, -0.1) is 0 Å². The van der Waals surface area contributed by atoms with E-state index in [0.29, 0.717) is 6.42 Å². The molecular weight excluding hydrogens is 256 g/mol. The SMILES string of the molecule is CC[C@](Br)([C@H](O)C1CC1)S(C)(=O)=O. The van der Waals surface area contributed by atoms with Crippen LogP contribution in [0.5, 0.6) is 0 Å². The number of hydrogen-bond acceptors (Lipinski definition) is 3. The van der Waals surface area contributed by atoms with Crippen molar-refractivity contribution < 1.29 is 13.5 Å². The molecule has 0 unspecified atom stereocenters. The van der Waals surface area contributed by atoms with Crippen molar-refractivity contribution in [3.05, 3.63) is 0 Å². The van der Waals surface area contributed by atoms with E-state index in [1.807, 2.05) is 0 Å². The van der Waals surface area contributed by atoms with Crippen molar-refractivity contribution >= 4 is 25.8 Å². The monoisotopic (exact) mass is 270 g/mol. The van der Waals surface area contributed by atoms with Crippen molar-refractivity contribution in [1.29, 1.82) is 0 Å². The molecule has 0 radical (unpaired) electrons. The number of alkyl halides is 1. The van der Waals surface area contributed by atoms with Crippen LogP contribution in [0.3, 0.4) is 0 Å². The summed E-state index contributed by atoms with van der Waals surface area (Å²) in [5.74, 6) is 0.161. The minimum absolute atomic E-state index is 0.161. The second kappa shape index (κ2) is 3.51. The Labute approximate surface area is 87.6 Å². The summed E-state index contributed by atoms with van der Waals surface area (Å²) in [6.45, 7) is 1.77. The summed E-state index contributed by atoms with van der Waals surface area (Å²) in [6.07, 6.45) is 2.65. The van der Waals surface area contributed by atoms with Gasteiger partial charge in [-0.05, 0) is 25.2 Å². The van der Waals surface area contributed by atoms with Crippen molar-refractivity contribution in [2.24, 2.45) is 5.92 Å². The molecular formula is C8H15BrO3S. The van der Waals surface area contributed by atoms with Gasteiger partial charge in [-0.25, -0.2) is 8.42 Å². The Morgan fingerprint density at radius 1 is 1.62 bits per heavy atom. The van der Waals surface area contributed by atoms with Crippen LogP contribution >= 0.6 is 15.9 Å². The number of rotatable bonds is 4. The zero-order valence-electron chi connectivity index (χ0n) is 7.83. The van der Waals surface area contributed by atoms with Crippen molar-refractivity contribution in [3.63, 3.8) is 0 Å². The molecule has 1 aliphatic carbocycles. The first-order valence-corrected chi connectivity index (χ1v) is 7.08. The topological polar surface area (TPSA) is 54.4 Å². The van der Waals surface area contributed by atoms with Crippen LogP contribution in [0.2, 0.25) is 0 Å². The molecule has 3 nitrogen and oxygen atoms in total. The molecule has 0 heterocycles. The van der Waals surface area contributed by atoms with E-state index in [1.165, 1.54) is 0 Å².